The molecule has 6 atom stereocenters. The van der Waals surface area contributed by atoms with Gasteiger partial charge in [-0.2, -0.15) is 0 Å². The molecule has 0 radical (unpaired) electrons. The van der Waals surface area contributed by atoms with E-state index in [9.17, 15) is 24.3 Å². The van der Waals surface area contributed by atoms with Gasteiger partial charge in [0, 0.05) is 32.3 Å². The van der Waals surface area contributed by atoms with Crippen LogP contribution in [0.5, 0.6) is 0 Å². The Morgan fingerprint density at radius 2 is 1.85 bits per heavy atom. The summed E-state index contributed by atoms with van der Waals surface area (Å²) in [6.07, 6.45) is 0.768. The zero-order chi connectivity index (χ0) is 25.1. The molecule has 2 rings (SSSR count). The first-order valence-corrected chi connectivity index (χ1v) is 10.8. The van der Waals surface area contributed by atoms with Crippen molar-refractivity contribution in [1.82, 2.24) is 0 Å². The Balaban J connectivity index is 2.40. The first-order valence-electron chi connectivity index (χ1n) is 10.8. The minimum absolute atomic E-state index is 0.131. The molecule has 0 saturated carbocycles. The number of aliphatic hydroxyl groups is 1. The molecule has 1 fully saturated rings. The van der Waals surface area contributed by atoms with E-state index in [1.165, 1.54) is 27.7 Å². The van der Waals surface area contributed by atoms with Gasteiger partial charge in [0.15, 0.2) is 5.60 Å². The fourth-order valence-electron chi connectivity index (χ4n) is 3.81. The fraction of sp³-hybridized carbons (Fsp3) is 0.583. The van der Waals surface area contributed by atoms with Crippen LogP contribution in [-0.4, -0.2) is 59.0 Å². The molecule has 1 aliphatic carbocycles. The van der Waals surface area contributed by atoms with Crippen LogP contribution in [0, 0.1) is 5.92 Å². The van der Waals surface area contributed by atoms with Crippen molar-refractivity contribution in [2.45, 2.75) is 84.4 Å². The van der Waals surface area contributed by atoms with E-state index >= 15 is 0 Å². The maximum atomic E-state index is 12.9. The smallest absolute Gasteiger partial charge is 0.342 e. The van der Waals surface area contributed by atoms with Gasteiger partial charge in [-0.3, -0.25) is 9.59 Å². The van der Waals surface area contributed by atoms with Crippen molar-refractivity contribution in [3.05, 3.63) is 35.5 Å². The summed E-state index contributed by atoms with van der Waals surface area (Å²) in [6.45, 7) is 12.5. The zero-order valence-electron chi connectivity index (χ0n) is 19.9. The molecule has 9 nitrogen and oxygen atoms in total. The van der Waals surface area contributed by atoms with Gasteiger partial charge in [-0.1, -0.05) is 18.2 Å². The molecule has 0 unspecified atom stereocenters. The number of esters is 4. The highest BCUT2D eigenvalue weighted by molar-refractivity contribution is 5.91. The van der Waals surface area contributed by atoms with Crippen LogP contribution in [0.1, 0.15) is 54.4 Å². The monoisotopic (exact) mass is 464 g/mol. The Morgan fingerprint density at radius 3 is 2.42 bits per heavy atom. The van der Waals surface area contributed by atoms with E-state index in [0.29, 0.717) is 12.0 Å². The minimum Gasteiger partial charge on any atom is -0.459 e. The second-order valence-corrected chi connectivity index (χ2v) is 8.76. The second-order valence-electron chi connectivity index (χ2n) is 8.76. The van der Waals surface area contributed by atoms with Gasteiger partial charge in [0.05, 0.1) is 5.92 Å². The molecule has 0 spiro atoms. The molecule has 1 N–H and O–H groups in total. The van der Waals surface area contributed by atoms with Crippen LogP contribution in [0.4, 0.5) is 0 Å². The highest BCUT2D eigenvalue weighted by atomic mass is 16.6. The maximum absolute atomic E-state index is 12.9. The van der Waals surface area contributed by atoms with Crippen LogP contribution in [0.2, 0.25) is 0 Å². The van der Waals surface area contributed by atoms with E-state index in [2.05, 4.69) is 6.58 Å². The van der Waals surface area contributed by atoms with Gasteiger partial charge in [-0.15, -0.1) is 0 Å². The quantitative estimate of drug-likeness (QED) is 0.282. The SMILES string of the molecule is C=C1C(=O)O[C@H]2/C=C(\C)[C@H](OC(C)=O)C/C=C(\C)C[C@@H](OC(=O)[C@@](C)(O)[C@H](C)OC(C)=O)[C@@H]12. The lowest BCUT2D eigenvalue weighted by molar-refractivity contribution is -0.188. The summed E-state index contributed by atoms with van der Waals surface area (Å²) in [7, 11) is 0. The standard InChI is InChI=1S/C24H32O9/c1-12-8-9-18(31-17(6)26)13(2)11-20-21(14(3)22(27)32-20)19(10-12)33-23(28)24(7,29)15(4)30-16(5)25/h8,11,15,18-21,29H,3,9-10H2,1-2,4-7H3/b12-8+,13-11+/t15-,18+,19+,20-,21+,24-/m0/s1. The molecule has 182 valence electrons. The maximum Gasteiger partial charge on any atom is 0.342 e. The van der Waals surface area contributed by atoms with Crippen LogP contribution in [0.15, 0.2) is 35.5 Å². The van der Waals surface area contributed by atoms with Crippen molar-refractivity contribution in [3.8, 4) is 0 Å². The molecule has 0 bridgehead atoms. The molecule has 33 heavy (non-hydrogen) atoms. The Morgan fingerprint density at radius 1 is 1.21 bits per heavy atom. The largest absolute Gasteiger partial charge is 0.459 e. The average Bonchev–Trinajstić information content (AvgIpc) is 2.96. The van der Waals surface area contributed by atoms with E-state index in [0.717, 1.165) is 5.57 Å². The Kier molecular flexibility index (Phi) is 8.24. The lowest BCUT2D eigenvalue weighted by Crippen LogP contribution is -2.50. The number of carbonyl (C=O) groups is 4. The Labute approximate surface area is 193 Å². The topological polar surface area (TPSA) is 125 Å². The Hall–Kier alpha value is -2.94. The molecule has 2 aliphatic rings. The van der Waals surface area contributed by atoms with Gasteiger partial charge in [-0.25, -0.2) is 9.59 Å². The molecule has 0 aromatic carbocycles. The highest BCUT2D eigenvalue weighted by Crippen LogP contribution is 2.37. The number of fused-ring (bicyclic) bond motifs is 1. The lowest BCUT2D eigenvalue weighted by Gasteiger charge is -2.33. The number of hydrogen-bond acceptors (Lipinski definition) is 9. The Bertz CT molecular complexity index is 896. The summed E-state index contributed by atoms with van der Waals surface area (Å²) >= 11 is 0. The normalized spacial score (nSPS) is 31.4. The predicted molar refractivity (Wildman–Crippen MR) is 117 cm³/mol. The van der Waals surface area contributed by atoms with Crippen molar-refractivity contribution < 1.29 is 43.2 Å². The number of hydrogen-bond donors (Lipinski definition) is 1. The molecule has 0 aromatic heterocycles. The van der Waals surface area contributed by atoms with E-state index in [-0.39, 0.29) is 12.0 Å². The van der Waals surface area contributed by atoms with Crippen molar-refractivity contribution in [3.63, 3.8) is 0 Å². The van der Waals surface area contributed by atoms with Gasteiger partial charge in [-0.05, 0) is 39.3 Å². The van der Waals surface area contributed by atoms with Crippen LogP contribution in [0.3, 0.4) is 0 Å². The summed E-state index contributed by atoms with van der Waals surface area (Å²) in [5.74, 6) is -3.44. The first-order chi connectivity index (χ1) is 15.2. The fourth-order valence-corrected chi connectivity index (χ4v) is 3.81. The van der Waals surface area contributed by atoms with Gasteiger partial charge in [0.1, 0.15) is 24.4 Å². The van der Waals surface area contributed by atoms with Crippen molar-refractivity contribution >= 4 is 23.9 Å². The minimum atomic E-state index is -2.12. The number of rotatable bonds is 5. The van der Waals surface area contributed by atoms with Crippen LogP contribution in [0.25, 0.3) is 0 Å². The lowest BCUT2D eigenvalue weighted by atomic mass is 9.85. The summed E-state index contributed by atoms with van der Waals surface area (Å²) < 4.78 is 21.5. The van der Waals surface area contributed by atoms with E-state index in [1.54, 1.807) is 13.0 Å². The third-order valence-electron chi connectivity index (χ3n) is 5.91. The van der Waals surface area contributed by atoms with E-state index in [4.69, 9.17) is 18.9 Å². The van der Waals surface area contributed by atoms with Gasteiger partial charge >= 0.3 is 23.9 Å². The number of ether oxygens (including phenoxy) is 4. The average molecular weight is 465 g/mol. The van der Waals surface area contributed by atoms with Crippen molar-refractivity contribution in [1.29, 1.82) is 0 Å². The third-order valence-corrected chi connectivity index (χ3v) is 5.91. The van der Waals surface area contributed by atoms with Crippen LogP contribution in [-0.2, 0) is 38.1 Å². The van der Waals surface area contributed by atoms with Gasteiger partial charge in [0.25, 0.3) is 0 Å². The van der Waals surface area contributed by atoms with E-state index < -0.39 is 59.8 Å². The molecular formula is C24H32O9. The third kappa shape index (κ3) is 6.31. The molecule has 0 aromatic rings. The molecule has 1 heterocycles. The number of carbonyl (C=O) groups excluding carboxylic acids is 4. The first kappa shape index (κ1) is 26.3. The van der Waals surface area contributed by atoms with Gasteiger partial charge in [0.2, 0.25) is 0 Å². The molecule has 9 heteroatoms. The second kappa shape index (κ2) is 10.3. The molecular weight excluding hydrogens is 432 g/mol. The molecule has 0 amide bonds. The summed E-state index contributed by atoms with van der Waals surface area (Å²) in [5, 5.41) is 10.7. The van der Waals surface area contributed by atoms with Crippen LogP contribution >= 0.6 is 0 Å². The highest BCUT2D eigenvalue weighted by Gasteiger charge is 2.48. The van der Waals surface area contributed by atoms with Crippen molar-refractivity contribution in [2.75, 3.05) is 0 Å². The predicted octanol–water partition coefficient (Wildman–Crippen LogP) is 2.32. The summed E-state index contributed by atoms with van der Waals surface area (Å²) in [4.78, 5) is 48.1. The van der Waals surface area contributed by atoms with E-state index in [1.807, 2.05) is 13.0 Å². The van der Waals surface area contributed by atoms with Crippen molar-refractivity contribution in [2.24, 2.45) is 5.92 Å². The zero-order valence-corrected chi connectivity index (χ0v) is 19.9. The van der Waals surface area contributed by atoms with Crippen LogP contribution < -0.4 is 0 Å². The van der Waals surface area contributed by atoms with Gasteiger partial charge < -0.3 is 24.1 Å². The summed E-state index contributed by atoms with van der Waals surface area (Å²) in [6, 6.07) is 0. The molecule has 1 saturated heterocycles. The molecule has 1 aliphatic heterocycles. The summed E-state index contributed by atoms with van der Waals surface area (Å²) in [5.41, 5.74) is -0.496.